The lowest BCUT2D eigenvalue weighted by atomic mass is 9.97. The third-order valence-electron chi connectivity index (χ3n) is 3.41. The molecule has 0 aliphatic carbocycles. The molecule has 1 aromatic carbocycles. The maximum absolute atomic E-state index is 10.6. The SMILES string of the molecule is CCN(CC)Cc1ccccc1C(N)CCC(=O)O. The molecule has 0 aliphatic heterocycles. The zero-order valence-corrected chi connectivity index (χ0v) is 11.8. The minimum atomic E-state index is -0.795. The average molecular weight is 264 g/mol. The van der Waals surface area contributed by atoms with Gasteiger partial charge in [-0.3, -0.25) is 9.69 Å². The molecule has 19 heavy (non-hydrogen) atoms. The van der Waals surface area contributed by atoms with Gasteiger partial charge in [-0.2, -0.15) is 0 Å². The molecule has 4 nitrogen and oxygen atoms in total. The molecule has 0 saturated heterocycles. The topological polar surface area (TPSA) is 66.6 Å². The Bertz CT molecular complexity index is 403. The van der Waals surface area contributed by atoms with Crippen LogP contribution in [0.25, 0.3) is 0 Å². The molecule has 106 valence electrons. The van der Waals surface area contributed by atoms with E-state index in [-0.39, 0.29) is 12.5 Å². The number of nitrogens with two attached hydrogens (primary N) is 1. The molecular weight excluding hydrogens is 240 g/mol. The van der Waals surface area contributed by atoms with E-state index in [1.807, 2.05) is 18.2 Å². The largest absolute Gasteiger partial charge is 0.481 e. The highest BCUT2D eigenvalue weighted by molar-refractivity contribution is 5.66. The first-order valence-electron chi connectivity index (χ1n) is 6.86. The van der Waals surface area contributed by atoms with Crippen LogP contribution in [0.4, 0.5) is 0 Å². The molecule has 0 bridgehead atoms. The molecule has 0 heterocycles. The standard InChI is InChI=1S/C15H24N2O2/c1-3-17(4-2)11-12-7-5-6-8-13(12)14(16)9-10-15(18)19/h5-8,14H,3-4,9-11,16H2,1-2H3,(H,18,19). The highest BCUT2D eigenvalue weighted by atomic mass is 16.4. The molecule has 3 N–H and O–H groups in total. The van der Waals surface area contributed by atoms with Crippen LogP contribution in [-0.4, -0.2) is 29.1 Å². The quantitative estimate of drug-likeness (QED) is 0.756. The van der Waals surface area contributed by atoms with Gasteiger partial charge >= 0.3 is 5.97 Å². The van der Waals surface area contributed by atoms with E-state index in [9.17, 15) is 4.79 Å². The van der Waals surface area contributed by atoms with Crippen molar-refractivity contribution in [3.8, 4) is 0 Å². The van der Waals surface area contributed by atoms with Gasteiger partial charge in [0.2, 0.25) is 0 Å². The first-order valence-corrected chi connectivity index (χ1v) is 6.86. The summed E-state index contributed by atoms with van der Waals surface area (Å²) in [5, 5.41) is 8.74. The Morgan fingerprint density at radius 3 is 2.53 bits per heavy atom. The summed E-state index contributed by atoms with van der Waals surface area (Å²) in [6, 6.07) is 7.84. The van der Waals surface area contributed by atoms with E-state index in [1.54, 1.807) is 0 Å². The van der Waals surface area contributed by atoms with E-state index in [2.05, 4.69) is 24.8 Å². The van der Waals surface area contributed by atoms with Crippen molar-refractivity contribution in [1.29, 1.82) is 0 Å². The van der Waals surface area contributed by atoms with E-state index in [0.29, 0.717) is 6.42 Å². The van der Waals surface area contributed by atoms with Gasteiger partial charge in [0, 0.05) is 19.0 Å². The van der Waals surface area contributed by atoms with E-state index < -0.39 is 5.97 Å². The summed E-state index contributed by atoms with van der Waals surface area (Å²) >= 11 is 0. The zero-order chi connectivity index (χ0) is 14.3. The Hall–Kier alpha value is -1.39. The number of carboxylic acids is 1. The summed E-state index contributed by atoms with van der Waals surface area (Å²) in [6.07, 6.45) is 0.589. The highest BCUT2D eigenvalue weighted by Gasteiger charge is 2.13. The lowest BCUT2D eigenvalue weighted by molar-refractivity contribution is -0.137. The van der Waals surface area contributed by atoms with Gasteiger partial charge in [0.05, 0.1) is 0 Å². The molecule has 4 heteroatoms. The van der Waals surface area contributed by atoms with Crippen LogP contribution in [0.5, 0.6) is 0 Å². The van der Waals surface area contributed by atoms with Crippen molar-refractivity contribution in [3.05, 3.63) is 35.4 Å². The van der Waals surface area contributed by atoms with Crippen LogP contribution in [0, 0.1) is 0 Å². The normalized spacial score (nSPS) is 12.6. The number of benzene rings is 1. The Kier molecular flexibility index (Phi) is 6.53. The summed E-state index contributed by atoms with van der Waals surface area (Å²) in [7, 11) is 0. The van der Waals surface area contributed by atoms with Crippen LogP contribution in [0.2, 0.25) is 0 Å². The molecule has 1 rings (SSSR count). The molecule has 1 unspecified atom stereocenters. The monoisotopic (exact) mass is 264 g/mol. The van der Waals surface area contributed by atoms with Gasteiger partial charge in [0.25, 0.3) is 0 Å². The minimum absolute atomic E-state index is 0.112. The Balaban J connectivity index is 2.79. The number of hydrogen-bond acceptors (Lipinski definition) is 3. The Morgan fingerprint density at radius 1 is 1.32 bits per heavy atom. The van der Waals surface area contributed by atoms with Crippen LogP contribution in [0.3, 0.4) is 0 Å². The second-order valence-corrected chi connectivity index (χ2v) is 4.70. The van der Waals surface area contributed by atoms with Crippen molar-refractivity contribution in [2.75, 3.05) is 13.1 Å². The molecule has 0 spiro atoms. The fourth-order valence-corrected chi connectivity index (χ4v) is 2.16. The first kappa shape index (κ1) is 15.7. The summed E-state index contributed by atoms with van der Waals surface area (Å²) in [6.45, 7) is 7.13. The third-order valence-corrected chi connectivity index (χ3v) is 3.41. The van der Waals surface area contributed by atoms with Gasteiger partial charge in [-0.1, -0.05) is 38.1 Å². The lowest BCUT2D eigenvalue weighted by Crippen LogP contribution is -2.24. The molecule has 0 aliphatic rings. The van der Waals surface area contributed by atoms with Crippen LogP contribution >= 0.6 is 0 Å². The fourth-order valence-electron chi connectivity index (χ4n) is 2.16. The molecule has 0 fully saturated rings. The molecule has 0 saturated carbocycles. The Morgan fingerprint density at radius 2 is 1.95 bits per heavy atom. The van der Waals surface area contributed by atoms with Crippen molar-refractivity contribution in [2.45, 2.75) is 39.3 Å². The summed E-state index contributed by atoms with van der Waals surface area (Å²) in [4.78, 5) is 12.9. The van der Waals surface area contributed by atoms with Crippen molar-refractivity contribution in [3.63, 3.8) is 0 Å². The smallest absolute Gasteiger partial charge is 0.303 e. The molecule has 0 aromatic heterocycles. The maximum Gasteiger partial charge on any atom is 0.303 e. The number of hydrogen-bond donors (Lipinski definition) is 2. The van der Waals surface area contributed by atoms with Gasteiger partial charge < -0.3 is 10.8 Å². The van der Waals surface area contributed by atoms with Crippen LogP contribution in [0.15, 0.2) is 24.3 Å². The average Bonchev–Trinajstić information content (AvgIpc) is 2.42. The van der Waals surface area contributed by atoms with Crippen LogP contribution in [0.1, 0.15) is 43.9 Å². The summed E-state index contributed by atoms with van der Waals surface area (Å²) < 4.78 is 0. The predicted octanol–water partition coefficient (Wildman–Crippen LogP) is 2.39. The molecule has 1 aromatic rings. The number of carbonyl (C=O) groups is 1. The van der Waals surface area contributed by atoms with Crippen molar-refractivity contribution in [2.24, 2.45) is 5.73 Å². The van der Waals surface area contributed by atoms with Gasteiger partial charge in [-0.15, -0.1) is 0 Å². The summed E-state index contributed by atoms with van der Waals surface area (Å²) in [5.74, 6) is -0.795. The number of nitrogens with zero attached hydrogens (tertiary/aromatic N) is 1. The maximum atomic E-state index is 10.6. The van der Waals surface area contributed by atoms with E-state index in [1.165, 1.54) is 5.56 Å². The number of aliphatic carboxylic acids is 1. The number of rotatable bonds is 8. The van der Waals surface area contributed by atoms with Gasteiger partial charge in [0.1, 0.15) is 0 Å². The van der Waals surface area contributed by atoms with Gasteiger partial charge in [0.15, 0.2) is 0 Å². The molecule has 1 atom stereocenters. The predicted molar refractivity (Wildman–Crippen MR) is 76.9 cm³/mol. The number of carboxylic acid groups (broad SMARTS) is 1. The van der Waals surface area contributed by atoms with Crippen LogP contribution in [-0.2, 0) is 11.3 Å². The molecular formula is C15H24N2O2. The van der Waals surface area contributed by atoms with Crippen LogP contribution < -0.4 is 5.73 Å². The Labute approximate surface area is 115 Å². The third kappa shape index (κ3) is 5.01. The molecule has 0 amide bonds. The van der Waals surface area contributed by atoms with Gasteiger partial charge in [-0.05, 0) is 30.6 Å². The zero-order valence-electron chi connectivity index (χ0n) is 11.8. The van der Waals surface area contributed by atoms with Gasteiger partial charge in [-0.25, -0.2) is 0 Å². The van der Waals surface area contributed by atoms with Crippen molar-refractivity contribution >= 4 is 5.97 Å². The first-order chi connectivity index (χ1) is 9.08. The highest BCUT2D eigenvalue weighted by Crippen LogP contribution is 2.21. The van der Waals surface area contributed by atoms with Crippen molar-refractivity contribution in [1.82, 2.24) is 4.90 Å². The fraction of sp³-hybridized carbons (Fsp3) is 0.533. The molecule has 0 radical (unpaired) electrons. The van der Waals surface area contributed by atoms with Crippen molar-refractivity contribution < 1.29 is 9.90 Å². The van der Waals surface area contributed by atoms with E-state index >= 15 is 0 Å². The van der Waals surface area contributed by atoms with E-state index in [0.717, 1.165) is 25.2 Å². The second kappa shape index (κ2) is 7.92. The lowest BCUT2D eigenvalue weighted by Gasteiger charge is -2.22. The summed E-state index contributed by atoms with van der Waals surface area (Å²) in [5.41, 5.74) is 8.38. The second-order valence-electron chi connectivity index (χ2n) is 4.70. The minimum Gasteiger partial charge on any atom is -0.481 e. The van der Waals surface area contributed by atoms with E-state index in [4.69, 9.17) is 10.8 Å².